The molecule has 0 heterocycles. The van der Waals surface area contributed by atoms with Crippen LogP contribution in [0.5, 0.6) is 0 Å². The molecule has 0 saturated heterocycles. The molecule has 0 aromatic carbocycles. The van der Waals surface area contributed by atoms with Gasteiger partial charge in [0.15, 0.2) is 0 Å². The molecule has 0 radical (unpaired) electrons. The van der Waals surface area contributed by atoms with Gasteiger partial charge in [0, 0.05) is 0 Å². The first-order valence-corrected chi connectivity index (χ1v) is 1.87. The number of hydrogen-bond donors (Lipinski definition) is 1. The summed E-state index contributed by atoms with van der Waals surface area (Å²) < 4.78 is 0. The maximum atomic E-state index is 9.70. The first-order valence-electron chi connectivity index (χ1n) is 1.87. The minimum Gasteiger partial charge on any atom is -0.481 e. The van der Waals surface area contributed by atoms with E-state index in [2.05, 4.69) is 0 Å². The third-order valence-electron chi connectivity index (χ3n) is 0.494. The summed E-state index contributed by atoms with van der Waals surface area (Å²) in [5.41, 5.74) is 0. The summed E-state index contributed by atoms with van der Waals surface area (Å²) in [6, 6.07) is 0. The Kier molecular flexibility index (Phi) is 6.25. The van der Waals surface area contributed by atoms with Gasteiger partial charge in [-0.2, -0.15) is 0 Å². The van der Waals surface area contributed by atoms with E-state index in [1.165, 1.54) is 0 Å². The fourth-order valence-corrected chi connectivity index (χ4v) is 0. The fourth-order valence-electron chi connectivity index (χ4n) is 0. The molecule has 0 saturated carbocycles. The Morgan fingerprint density at radius 3 is 1.71 bits per heavy atom. The van der Waals surface area contributed by atoms with Crippen molar-refractivity contribution < 1.29 is 30.3 Å². The smallest absolute Gasteiger partial charge is 0.481 e. The van der Waals surface area contributed by atoms with Crippen LogP contribution in [0.2, 0.25) is 0 Å². The van der Waals surface area contributed by atoms with Gasteiger partial charge in [-0.05, 0) is 0 Å². The molecular weight excluding hydrogens is 186 g/mol. The van der Waals surface area contributed by atoms with Crippen LogP contribution in [-0.4, -0.2) is 11.1 Å². The van der Waals surface area contributed by atoms with Gasteiger partial charge in [-0.15, -0.1) is 0 Å². The second kappa shape index (κ2) is 4.30. The molecule has 2 nitrogen and oxygen atoms in total. The molecular formula is C4H8O2Pd+2. The van der Waals surface area contributed by atoms with Crippen molar-refractivity contribution in [3.05, 3.63) is 0 Å². The summed E-state index contributed by atoms with van der Waals surface area (Å²) in [5, 5.41) is 7.99. The number of carbonyl (C=O) groups is 1. The normalized spacial score (nSPS) is 7.86. The molecule has 1 N–H and O–H groups in total. The predicted octanol–water partition coefficient (Wildman–Crippen LogP) is 0.724. The number of rotatable bonds is 1. The molecule has 0 bridgehead atoms. The van der Waals surface area contributed by atoms with E-state index in [1.54, 1.807) is 13.8 Å². The van der Waals surface area contributed by atoms with Crippen molar-refractivity contribution in [3.63, 3.8) is 0 Å². The van der Waals surface area contributed by atoms with E-state index in [-0.39, 0.29) is 26.3 Å². The van der Waals surface area contributed by atoms with Crippen molar-refractivity contribution >= 4 is 5.97 Å². The molecule has 0 aliphatic heterocycles. The Labute approximate surface area is 56.6 Å². The average molecular weight is 195 g/mol. The molecule has 0 aromatic heterocycles. The van der Waals surface area contributed by atoms with Crippen LogP contribution >= 0.6 is 0 Å². The van der Waals surface area contributed by atoms with E-state index in [1.807, 2.05) is 0 Å². The Morgan fingerprint density at radius 2 is 1.71 bits per heavy atom. The van der Waals surface area contributed by atoms with Crippen LogP contribution in [0, 0.1) is 5.92 Å². The van der Waals surface area contributed by atoms with Crippen molar-refractivity contribution in [1.29, 1.82) is 0 Å². The molecule has 0 rings (SSSR count). The van der Waals surface area contributed by atoms with Crippen LogP contribution in [-0.2, 0) is 25.2 Å². The number of hydrogen-bond acceptors (Lipinski definition) is 1. The maximum Gasteiger partial charge on any atom is 2.00 e. The maximum absolute atomic E-state index is 9.70. The molecule has 0 amide bonds. The third kappa shape index (κ3) is 6.13. The molecule has 0 atom stereocenters. The Bertz CT molecular complexity index is 60.7. The summed E-state index contributed by atoms with van der Waals surface area (Å²) in [7, 11) is 0. The summed E-state index contributed by atoms with van der Waals surface area (Å²) in [6.07, 6.45) is 0. The van der Waals surface area contributed by atoms with Crippen LogP contribution in [0.3, 0.4) is 0 Å². The van der Waals surface area contributed by atoms with Gasteiger partial charge in [-0.25, -0.2) is 0 Å². The molecule has 0 aliphatic carbocycles. The first-order chi connectivity index (χ1) is 2.64. The largest absolute Gasteiger partial charge is 2.00 e. The van der Waals surface area contributed by atoms with Crippen LogP contribution in [0.4, 0.5) is 0 Å². The van der Waals surface area contributed by atoms with Gasteiger partial charge < -0.3 is 5.11 Å². The molecule has 0 fully saturated rings. The number of carboxylic acid groups (broad SMARTS) is 1. The van der Waals surface area contributed by atoms with Crippen LogP contribution in [0.25, 0.3) is 0 Å². The quantitative estimate of drug-likeness (QED) is 0.625. The summed E-state index contributed by atoms with van der Waals surface area (Å²) in [5.74, 6) is -0.972. The van der Waals surface area contributed by atoms with E-state index >= 15 is 0 Å². The second-order valence-electron chi connectivity index (χ2n) is 1.49. The molecule has 44 valence electrons. The minimum atomic E-state index is -0.741. The van der Waals surface area contributed by atoms with Crippen LogP contribution < -0.4 is 0 Å². The standard InChI is InChI=1S/C4H8O2.Pd/c1-3(2)4(5)6;/h3H,1-2H3,(H,5,6);/q;+2. The van der Waals surface area contributed by atoms with Crippen LogP contribution in [0.15, 0.2) is 0 Å². The van der Waals surface area contributed by atoms with Crippen molar-refractivity contribution in [2.75, 3.05) is 0 Å². The molecule has 0 aliphatic rings. The van der Waals surface area contributed by atoms with E-state index in [0.717, 1.165) is 0 Å². The zero-order chi connectivity index (χ0) is 5.15. The van der Waals surface area contributed by atoms with E-state index in [4.69, 9.17) is 5.11 Å². The number of aliphatic carboxylic acids is 1. The minimum absolute atomic E-state index is 0. The molecule has 7 heavy (non-hydrogen) atoms. The van der Waals surface area contributed by atoms with Crippen LogP contribution in [0.1, 0.15) is 13.8 Å². The van der Waals surface area contributed by atoms with Gasteiger partial charge in [-0.3, -0.25) is 4.79 Å². The fraction of sp³-hybridized carbons (Fsp3) is 0.750. The SMILES string of the molecule is CC(C)C(=O)O.[Pd+2]. The average Bonchev–Trinajstić information content (AvgIpc) is 1.36. The van der Waals surface area contributed by atoms with Gasteiger partial charge in [0.25, 0.3) is 0 Å². The monoisotopic (exact) mass is 194 g/mol. The van der Waals surface area contributed by atoms with Gasteiger partial charge in [0.1, 0.15) is 0 Å². The number of carboxylic acids is 1. The van der Waals surface area contributed by atoms with E-state index < -0.39 is 5.97 Å². The van der Waals surface area contributed by atoms with Crippen molar-refractivity contribution in [2.24, 2.45) is 5.92 Å². The van der Waals surface area contributed by atoms with E-state index in [9.17, 15) is 4.79 Å². The Hall–Kier alpha value is 0.132. The predicted molar refractivity (Wildman–Crippen MR) is 22.5 cm³/mol. The topological polar surface area (TPSA) is 37.3 Å². The van der Waals surface area contributed by atoms with Crippen molar-refractivity contribution in [3.8, 4) is 0 Å². The van der Waals surface area contributed by atoms with Gasteiger partial charge in [0.2, 0.25) is 0 Å². The van der Waals surface area contributed by atoms with Crippen molar-refractivity contribution in [2.45, 2.75) is 13.8 Å². The zero-order valence-corrected chi connectivity index (χ0v) is 5.80. The summed E-state index contributed by atoms with van der Waals surface area (Å²) in [6.45, 7) is 3.28. The van der Waals surface area contributed by atoms with Gasteiger partial charge in [-0.1, -0.05) is 13.8 Å². The molecule has 3 heteroatoms. The van der Waals surface area contributed by atoms with Gasteiger partial charge >= 0.3 is 26.4 Å². The third-order valence-corrected chi connectivity index (χ3v) is 0.494. The summed E-state index contributed by atoms with van der Waals surface area (Å²) >= 11 is 0. The molecule has 0 unspecified atom stereocenters. The summed E-state index contributed by atoms with van der Waals surface area (Å²) in [4.78, 5) is 9.70. The molecule has 0 aromatic rings. The second-order valence-corrected chi connectivity index (χ2v) is 1.49. The van der Waals surface area contributed by atoms with Gasteiger partial charge in [0.05, 0.1) is 5.92 Å². The zero-order valence-electron chi connectivity index (χ0n) is 4.25. The van der Waals surface area contributed by atoms with E-state index in [0.29, 0.717) is 0 Å². The van der Waals surface area contributed by atoms with Crippen molar-refractivity contribution in [1.82, 2.24) is 0 Å². The Morgan fingerprint density at radius 1 is 1.57 bits per heavy atom. The Balaban J connectivity index is 0. The molecule has 0 spiro atoms. The first kappa shape index (κ1) is 10.2.